The number of piperazine rings is 1. The molecular formula is C22H20N2O4. The summed E-state index contributed by atoms with van der Waals surface area (Å²) in [4.78, 5) is 41.2. The first-order chi connectivity index (χ1) is 13.4. The van der Waals surface area contributed by atoms with Crippen LogP contribution < -0.4 is 10.3 Å². The standard InChI is InChI=1S/C22H20N2O4/c1-14-8-9-17-18(25)11-20(28-19(17)10-14)22(27)23-13-21(26)24(12-15(23)2)16-6-4-3-5-7-16/h3-11,15H,12-13H2,1-2H3/t15-/m1/s1. The first kappa shape index (κ1) is 18.0. The summed E-state index contributed by atoms with van der Waals surface area (Å²) in [6, 6.07) is 15.6. The third-order valence-electron chi connectivity index (χ3n) is 5.01. The molecule has 142 valence electrons. The van der Waals surface area contributed by atoms with Gasteiger partial charge in [-0.05, 0) is 43.7 Å². The molecule has 3 aromatic rings. The zero-order valence-electron chi connectivity index (χ0n) is 15.7. The Hall–Kier alpha value is -3.41. The van der Waals surface area contributed by atoms with Gasteiger partial charge in [-0.2, -0.15) is 0 Å². The van der Waals surface area contributed by atoms with Crippen molar-refractivity contribution in [2.75, 3.05) is 18.0 Å². The summed E-state index contributed by atoms with van der Waals surface area (Å²) in [5.74, 6) is -0.665. The molecule has 0 saturated carbocycles. The van der Waals surface area contributed by atoms with Crippen molar-refractivity contribution in [3.05, 3.63) is 76.1 Å². The molecule has 2 heterocycles. The van der Waals surface area contributed by atoms with Gasteiger partial charge in [-0.25, -0.2) is 0 Å². The highest BCUT2D eigenvalue weighted by molar-refractivity contribution is 6.01. The molecule has 6 heteroatoms. The minimum atomic E-state index is -0.450. The molecule has 0 unspecified atom stereocenters. The van der Waals surface area contributed by atoms with Crippen LogP contribution in [0.5, 0.6) is 0 Å². The van der Waals surface area contributed by atoms with Crippen molar-refractivity contribution in [3.63, 3.8) is 0 Å². The Morgan fingerprint density at radius 2 is 1.82 bits per heavy atom. The van der Waals surface area contributed by atoms with E-state index in [9.17, 15) is 14.4 Å². The van der Waals surface area contributed by atoms with Crippen LogP contribution in [0.4, 0.5) is 5.69 Å². The maximum Gasteiger partial charge on any atom is 0.290 e. The summed E-state index contributed by atoms with van der Waals surface area (Å²) < 4.78 is 5.72. The monoisotopic (exact) mass is 376 g/mol. The number of benzene rings is 2. The minimum Gasteiger partial charge on any atom is -0.451 e. The molecule has 2 aromatic carbocycles. The molecule has 0 N–H and O–H groups in total. The molecule has 0 radical (unpaired) electrons. The molecule has 0 aliphatic carbocycles. The fourth-order valence-corrected chi connectivity index (χ4v) is 3.49. The second-order valence-corrected chi connectivity index (χ2v) is 7.10. The number of carbonyl (C=O) groups excluding carboxylic acids is 2. The van der Waals surface area contributed by atoms with Gasteiger partial charge in [0.25, 0.3) is 5.91 Å². The van der Waals surface area contributed by atoms with Crippen LogP contribution in [0.1, 0.15) is 23.0 Å². The lowest BCUT2D eigenvalue weighted by Crippen LogP contribution is -2.57. The molecule has 6 nitrogen and oxygen atoms in total. The van der Waals surface area contributed by atoms with Crippen LogP contribution in [0.15, 0.2) is 63.8 Å². The largest absolute Gasteiger partial charge is 0.451 e. The van der Waals surface area contributed by atoms with Gasteiger partial charge in [0.1, 0.15) is 12.1 Å². The second kappa shape index (κ2) is 6.96. The number of nitrogens with zero attached hydrogens (tertiary/aromatic N) is 2. The number of carbonyl (C=O) groups is 2. The summed E-state index contributed by atoms with van der Waals surface area (Å²) in [7, 11) is 0. The van der Waals surface area contributed by atoms with E-state index in [1.807, 2.05) is 50.2 Å². The summed E-state index contributed by atoms with van der Waals surface area (Å²) in [5.41, 5.74) is 1.84. The predicted molar refractivity (Wildman–Crippen MR) is 107 cm³/mol. The van der Waals surface area contributed by atoms with Crippen LogP contribution in [0.25, 0.3) is 11.0 Å². The number of hydrogen-bond donors (Lipinski definition) is 0. The fraction of sp³-hybridized carbons (Fsp3) is 0.227. The zero-order valence-corrected chi connectivity index (χ0v) is 15.7. The van der Waals surface area contributed by atoms with E-state index in [4.69, 9.17) is 4.42 Å². The lowest BCUT2D eigenvalue weighted by atomic mass is 10.1. The number of para-hydroxylation sites is 1. The molecule has 2 amide bonds. The van der Waals surface area contributed by atoms with Gasteiger partial charge in [-0.3, -0.25) is 14.4 Å². The van der Waals surface area contributed by atoms with E-state index in [-0.39, 0.29) is 29.7 Å². The maximum absolute atomic E-state index is 13.0. The third-order valence-corrected chi connectivity index (χ3v) is 5.01. The highest BCUT2D eigenvalue weighted by Gasteiger charge is 2.34. The van der Waals surface area contributed by atoms with Gasteiger partial charge in [0.2, 0.25) is 5.91 Å². The molecular weight excluding hydrogens is 356 g/mol. The average Bonchev–Trinajstić information content (AvgIpc) is 2.69. The topological polar surface area (TPSA) is 70.8 Å². The van der Waals surface area contributed by atoms with Crippen LogP contribution in [-0.2, 0) is 4.79 Å². The minimum absolute atomic E-state index is 0.0455. The Morgan fingerprint density at radius 1 is 1.07 bits per heavy atom. The van der Waals surface area contributed by atoms with Gasteiger partial charge >= 0.3 is 0 Å². The van der Waals surface area contributed by atoms with Gasteiger partial charge in [-0.15, -0.1) is 0 Å². The van der Waals surface area contributed by atoms with Gasteiger partial charge in [0.15, 0.2) is 11.2 Å². The quantitative estimate of drug-likeness (QED) is 0.689. The van der Waals surface area contributed by atoms with Crippen molar-refractivity contribution >= 4 is 28.5 Å². The highest BCUT2D eigenvalue weighted by Crippen LogP contribution is 2.22. The van der Waals surface area contributed by atoms with Crippen molar-refractivity contribution in [2.45, 2.75) is 19.9 Å². The normalized spacial score (nSPS) is 17.2. The van der Waals surface area contributed by atoms with Crippen molar-refractivity contribution in [1.82, 2.24) is 4.90 Å². The average molecular weight is 376 g/mol. The lowest BCUT2D eigenvalue weighted by molar-refractivity contribution is -0.121. The van der Waals surface area contributed by atoms with Gasteiger partial charge in [0, 0.05) is 24.3 Å². The Bertz CT molecular complexity index is 1120. The zero-order chi connectivity index (χ0) is 19.8. The van der Waals surface area contributed by atoms with Crippen LogP contribution in [0.3, 0.4) is 0 Å². The van der Waals surface area contributed by atoms with Crippen LogP contribution in [0.2, 0.25) is 0 Å². The fourth-order valence-electron chi connectivity index (χ4n) is 3.49. The number of anilines is 1. The van der Waals surface area contributed by atoms with Crippen molar-refractivity contribution < 1.29 is 14.0 Å². The van der Waals surface area contributed by atoms with Crippen molar-refractivity contribution in [2.24, 2.45) is 0 Å². The first-order valence-corrected chi connectivity index (χ1v) is 9.15. The molecule has 0 spiro atoms. The Labute approximate surface area is 162 Å². The Balaban J connectivity index is 1.63. The number of hydrogen-bond acceptors (Lipinski definition) is 4. The second-order valence-electron chi connectivity index (χ2n) is 7.10. The highest BCUT2D eigenvalue weighted by atomic mass is 16.3. The van der Waals surface area contributed by atoms with E-state index in [0.29, 0.717) is 17.5 Å². The SMILES string of the molecule is Cc1ccc2c(=O)cc(C(=O)N3CC(=O)N(c4ccccc4)C[C@H]3C)oc2c1. The number of amides is 2. The maximum atomic E-state index is 13.0. The van der Waals surface area contributed by atoms with Gasteiger partial charge in [-0.1, -0.05) is 24.3 Å². The van der Waals surface area contributed by atoms with Crippen molar-refractivity contribution in [1.29, 1.82) is 0 Å². The lowest BCUT2D eigenvalue weighted by Gasteiger charge is -2.39. The molecule has 28 heavy (non-hydrogen) atoms. The molecule has 1 fully saturated rings. The van der Waals surface area contributed by atoms with Crippen LogP contribution in [0, 0.1) is 6.92 Å². The molecule has 1 aliphatic rings. The Morgan fingerprint density at radius 3 is 2.57 bits per heavy atom. The van der Waals surface area contributed by atoms with E-state index in [1.165, 1.54) is 11.0 Å². The van der Waals surface area contributed by atoms with E-state index >= 15 is 0 Å². The molecule has 1 aromatic heterocycles. The molecule has 1 saturated heterocycles. The number of fused-ring (bicyclic) bond motifs is 1. The van der Waals surface area contributed by atoms with Crippen molar-refractivity contribution in [3.8, 4) is 0 Å². The Kier molecular flexibility index (Phi) is 4.47. The van der Waals surface area contributed by atoms with E-state index in [0.717, 1.165) is 11.3 Å². The molecule has 0 bridgehead atoms. The van der Waals surface area contributed by atoms with Crippen LogP contribution in [-0.4, -0.2) is 35.8 Å². The van der Waals surface area contributed by atoms with Crippen LogP contribution >= 0.6 is 0 Å². The number of aryl methyl sites for hydroxylation is 1. The van der Waals surface area contributed by atoms with Gasteiger partial charge < -0.3 is 14.2 Å². The van der Waals surface area contributed by atoms with Gasteiger partial charge in [0.05, 0.1) is 5.39 Å². The summed E-state index contributed by atoms with van der Waals surface area (Å²) in [5, 5.41) is 0.431. The molecule has 1 atom stereocenters. The molecule has 1 aliphatic heterocycles. The molecule has 4 rings (SSSR count). The first-order valence-electron chi connectivity index (χ1n) is 9.15. The summed E-state index contributed by atoms with van der Waals surface area (Å²) in [6.07, 6.45) is 0. The summed E-state index contributed by atoms with van der Waals surface area (Å²) in [6.45, 7) is 4.08. The third kappa shape index (κ3) is 3.17. The predicted octanol–water partition coefficient (Wildman–Crippen LogP) is 2.98. The smallest absolute Gasteiger partial charge is 0.290 e. The summed E-state index contributed by atoms with van der Waals surface area (Å²) >= 11 is 0. The van der Waals surface area contributed by atoms with E-state index < -0.39 is 5.91 Å². The number of rotatable bonds is 2. The van der Waals surface area contributed by atoms with E-state index in [2.05, 4.69) is 0 Å². The van der Waals surface area contributed by atoms with E-state index in [1.54, 1.807) is 17.0 Å².